The summed E-state index contributed by atoms with van der Waals surface area (Å²) in [5.41, 5.74) is 6.11. The number of hydrazine groups is 1. The van der Waals surface area contributed by atoms with Gasteiger partial charge in [0.1, 0.15) is 6.54 Å². The molecule has 0 bridgehead atoms. The number of halogens is 1. The monoisotopic (exact) mass is 420 g/mol. The van der Waals surface area contributed by atoms with Crippen LogP contribution in [-0.2, 0) is 14.4 Å². The predicted molar refractivity (Wildman–Crippen MR) is 107 cm³/mol. The molecule has 0 saturated carbocycles. The fourth-order valence-electron chi connectivity index (χ4n) is 2.75. The number of unbranched alkanes of at least 4 members (excludes halogenated alkanes) is 9. The Kier molecular flexibility index (Phi) is 21.0. The molecule has 166 valence electrons. The van der Waals surface area contributed by atoms with Gasteiger partial charge in [-0.25, -0.2) is 5.01 Å². The number of nitrogens with zero attached hydrogens (tertiary/aromatic N) is 1. The van der Waals surface area contributed by atoms with Crippen molar-refractivity contribution in [2.24, 2.45) is 0 Å². The third-order valence-corrected chi connectivity index (χ3v) is 4.44. The molecular weight excluding hydrogens is 380 g/mol. The second-order valence-corrected chi connectivity index (χ2v) is 7.05. The maximum absolute atomic E-state index is 12.0. The molecule has 0 saturated heterocycles. The molecule has 0 aromatic carbocycles. The smallest absolute Gasteiger partial charge is 0.296 e. The van der Waals surface area contributed by atoms with Crippen LogP contribution in [0.25, 0.3) is 0 Å². The van der Waals surface area contributed by atoms with Gasteiger partial charge in [-0.1, -0.05) is 71.6 Å². The van der Waals surface area contributed by atoms with Crippen molar-refractivity contribution in [2.45, 2.75) is 90.9 Å². The number of carbonyl (C=O) groups is 3. The zero-order valence-corrected chi connectivity index (χ0v) is 18.6. The molecule has 0 aliphatic rings. The van der Waals surface area contributed by atoms with Gasteiger partial charge in [0.05, 0.1) is 0 Å². The van der Waals surface area contributed by atoms with Crippen LogP contribution in [-0.4, -0.2) is 42.4 Å². The summed E-state index contributed by atoms with van der Waals surface area (Å²) in [7, 11) is 0. The van der Waals surface area contributed by atoms with E-state index in [1.54, 1.807) is 0 Å². The van der Waals surface area contributed by atoms with E-state index < -0.39 is 0 Å². The van der Waals surface area contributed by atoms with Crippen LogP contribution in [0, 0.1) is 0 Å². The number of hydrogen-bond acceptors (Lipinski definition) is 3. The Morgan fingerprint density at radius 3 is 1.89 bits per heavy atom. The first kappa shape index (κ1) is 28.9. The van der Waals surface area contributed by atoms with Crippen molar-refractivity contribution in [2.75, 3.05) is 19.6 Å². The minimum atomic E-state index is -0.357. The summed E-state index contributed by atoms with van der Waals surface area (Å²) in [4.78, 5) is 36.0. The summed E-state index contributed by atoms with van der Waals surface area (Å²) in [6.45, 7) is 4.77. The van der Waals surface area contributed by atoms with Gasteiger partial charge in [-0.2, -0.15) is 0 Å². The Hall–Kier alpha value is -1.34. The van der Waals surface area contributed by atoms with Gasteiger partial charge in [0.25, 0.3) is 5.91 Å². The largest absolute Gasteiger partial charge is 1.00 e. The summed E-state index contributed by atoms with van der Waals surface area (Å²) in [6, 6.07) is 0. The maximum Gasteiger partial charge on any atom is 0.296 e. The van der Waals surface area contributed by atoms with Crippen LogP contribution in [0.15, 0.2) is 0 Å². The van der Waals surface area contributed by atoms with Gasteiger partial charge in [0.15, 0.2) is 6.54 Å². The highest BCUT2D eigenvalue weighted by Crippen LogP contribution is 2.05. The van der Waals surface area contributed by atoms with E-state index >= 15 is 0 Å². The molecule has 5 N–H and O–H groups in total. The van der Waals surface area contributed by atoms with Crippen molar-refractivity contribution >= 4 is 17.7 Å². The van der Waals surface area contributed by atoms with Crippen molar-refractivity contribution < 1.29 is 32.5 Å². The van der Waals surface area contributed by atoms with Gasteiger partial charge in [0.2, 0.25) is 11.8 Å². The molecular formula is C20H41ClN4O3. The minimum Gasteiger partial charge on any atom is -1.00 e. The zero-order valence-electron chi connectivity index (χ0n) is 17.9. The number of nitrogens with one attached hydrogen (secondary N) is 2. The van der Waals surface area contributed by atoms with Crippen LogP contribution < -0.4 is 28.9 Å². The molecule has 7 nitrogen and oxygen atoms in total. The van der Waals surface area contributed by atoms with Crippen molar-refractivity contribution in [3.8, 4) is 0 Å². The first-order valence-corrected chi connectivity index (χ1v) is 10.7. The fourth-order valence-corrected chi connectivity index (χ4v) is 2.75. The van der Waals surface area contributed by atoms with Gasteiger partial charge >= 0.3 is 0 Å². The van der Waals surface area contributed by atoms with Gasteiger partial charge in [-0.05, 0) is 12.8 Å². The maximum atomic E-state index is 12.0. The van der Waals surface area contributed by atoms with Crippen molar-refractivity contribution in [3.63, 3.8) is 0 Å². The summed E-state index contributed by atoms with van der Waals surface area (Å²) in [5, 5.41) is 3.91. The molecule has 0 heterocycles. The molecule has 0 rings (SSSR count). The highest BCUT2D eigenvalue weighted by atomic mass is 35.5. The first-order chi connectivity index (χ1) is 13.0. The molecule has 0 aliphatic carbocycles. The van der Waals surface area contributed by atoms with Crippen LogP contribution >= 0.6 is 0 Å². The second-order valence-electron chi connectivity index (χ2n) is 7.05. The third kappa shape index (κ3) is 16.8. The molecule has 28 heavy (non-hydrogen) atoms. The average Bonchev–Trinajstić information content (AvgIpc) is 2.66. The van der Waals surface area contributed by atoms with Gasteiger partial charge in [-0.3, -0.25) is 19.8 Å². The molecule has 0 aliphatic heterocycles. The van der Waals surface area contributed by atoms with Crippen molar-refractivity contribution in [1.29, 1.82) is 0 Å². The number of rotatable bonds is 16. The molecule has 0 aromatic heterocycles. The Bertz CT molecular complexity index is 422. The molecule has 8 heteroatoms. The fraction of sp³-hybridized carbons (Fsp3) is 0.850. The van der Waals surface area contributed by atoms with E-state index in [9.17, 15) is 14.4 Å². The van der Waals surface area contributed by atoms with Crippen LogP contribution in [0.1, 0.15) is 90.9 Å². The Morgan fingerprint density at radius 1 is 0.786 bits per heavy atom. The predicted octanol–water partition coefficient (Wildman–Crippen LogP) is -1.07. The molecule has 3 amide bonds. The van der Waals surface area contributed by atoms with E-state index in [-0.39, 0.29) is 43.2 Å². The summed E-state index contributed by atoms with van der Waals surface area (Å²) in [5.74, 6) is -0.838. The standard InChI is InChI=1S/C20H40N4O3.ClH/c1-3-5-7-9-11-13-15-22-19(26)17-24(20(27)16-21)23-18(25)14-12-10-8-6-4-2;/h3-17,21H2,1-2H3,(H,22,26)(H,23,25);1H. The van der Waals surface area contributed by atoms with Crippen LogP contribution in [0.2, 0.25) is 0 Å². The molecule has 0 fully saturated rings. The lowest BCUT2D eigenvalue weighted by atomic mass is 10.1. The number of quaternary nitrogens is 1. The quantitative estimate of drug-likeness (QED) is 0.218. The van der Waals surface area contributed by atoms with E-state index in [4.69, 9.17) is 0 Å². The lowest BCUT2D eigenvalue weighted by Crippen LogP contribution is -3.00. The number of hydrogen-bond donors (Lipinski definition) is 3. The van der Waals surface area contributed by atoms with Crippen LogP contribution in [0.5, 0.6) is 0 Å². The number of amides is 3. The zero-order chi connectivity index (χ0) is 20.3. The molecule has 0 unspecified atom stereocenters. The van der Waals surface area contributed by atoms with Crippen LogP contribution in [0.3, 0.4) is 0 Å². The lowest BCUT2D eigenvalue weighted by molar-refractivity contribution is -0.357. The van der Waals surface area contributed by atoms with Gasteiger partial charge in [0, 0.05) is 13.0 Å². The topological polar surface area (TPSA) is 106 Å². The highest BCUT2D eigenvalue weighted by Gasteiger charge is 2.19. The SMILES string of the molecule is CCCCCCCCNC(=O)CN(NC(=O)CCCCCCC)C(=O)C[NH3+].[Cl-]. The third-order valence-electron chi connectivity index (χ3n) is 4.44. The van der Waals surface area contributed by atoms with Gasteiger partial charge in [-0.15, -0.1) is 0 Å². The van der Waals surface area contributed by atoms with E-state index in [1.165, 1.54) is 32.1 Å². The first-order valence-electron chi connectivity index (χ1n) is 10.7. The van der Waals surface area contributed by atoms with E-state index in [0.717, 1.165) is 43.5 Å². The Balaban J connectivity index is 0. The number of carbonyl (C=O) groups excluding carboxylic acids is 3. The van der Waals surface area contributed by atoms with Gasteiger partial charge < -0.3 is 23.5 Å². The van der Waals surface area contributed by atoms with E-state index in [1.807, 2.05) is 0 Å². The highest BCUT2D eigenvalue weighted by molar-refractivity contribution is 5.87. The molecule has 0 aromatic rings. The summed E-state index contributed by atoms with van der Waals surface area (Å²) >= 11 is 0. The van der Waals surface area contributed by atoms with E-state index in [0.29, 0.717) is 13.0 Å². The Morgan fingerprint density at radius 2 is 1.32 bits per heavy atom. The van der Waals surface area contributed by atoms with Crippen LogP contribution in [0.4, 0.5) is 0 Å². The second kappa shape index (κ2) is 20.4. The molecule has 0 atom stereocenters. The van der Waals surface area contributed by atoms with E-state index in [2.05, 4.69) is 30.3 Å². The lowest BCUT2D eigenvalue weighted by Gasteiger charge is -2.21. The average molecular weight is 421 g/mol. The van der Waals surface area contributed by atoms with Crippen molar-refractivity contribution in [1.82, 2.24) is 15.8 Å². The minimum absolute atomic E-state index is 0. The molecule has 0 radical (unpaired) electrons. The summed E-state index contributed by atoms with van der Waals surface area (Å²) < 4.78 is 0. The molecule has 0 spiro atoms. The Labute approximate surface area is 176 Å². The van der Waals surface area contributed by atoms with Crippen molar-refractivity contribution in [3.05, 3.63) is 0 Å². The summed E-state index contributed by atoms with van der Waals surface area (Å²) in [6.07, 6.45) is 12.5. The normalized spacial score (nSPS) is 10.1.